The summed E-state index contributed by atoms with van der Waals surface area (Å²) in [6, 6.07) is 5.74. The van der Waals surface area contributed by atoms with E-state index in [1.165, 1.54) is 0 Å². The molecule has 1 fully saturated rings. The van der Waals surface area contributed by atoms with Crippen molar-refractivity contribution in [1.29, 1.82) is 0 Å². The van der Waals surface area contributed by atoms with Crippen LogP contribution in [0.2, 0.25) is 0 Å². The summed E-state index contributed by atoms with van der Waals surface area (Å²) in [5, 5.41) is 3.34. The SMILES string of the molecule is CC1(NCc2ccc(N)c(Br)c2)CCS(=O)(=O)C1. The summed E-state index contributed by atoms with van der Waals surface area (Å²) in [6.07, 6.45) is 0.672. The average molecular weight is 333 g/mol. The number of nitrogens with one attached hydrogen (secondary N) is 1. The van der Waals surface area contributed by atoms with Crippen molar-refractivity contribution >= 4 is 31.5 Å². The fourth-order valence-electron chi connectivity index (χ4n) is 2.15. The molecule has 6 heteroatoms. The molecule has 100 valence electrons. The number of hydrogen-bond donors (Lipinski definition) is 2. The van der Waals surface area contributed by atoms with Gasteiger partial charge < -0.3 is 11.1 Å². The Morgan fingerprint density at radius 1 is 1.50 bits per heavy atom. The lowest BCUT2D eigenvalue weighted by atomic mass is 10.0. The zero-order chi connectivity index (χ0) is 13.4. The summed E-state index contributed by atoms with van der Waals surface area (Å²) in [5.41, 5.74) is 7.20. The summed E-state index contributed by atoms with van der Waals surface area (Å²) in [4.78, 5) is 0. The summed E-state index contributed by atoms with van der Waals surface area (Å²) in [6.45, 7) is 2.61. The minimum atomic E-state index is -2.86. The summed E-state index contributed by atoms with van der Waals surface area (Å²) < 4.78 is 23.9. The Balaban J connectivity index is 2.02. The van der Waals surface area contributed by atoms with Gasteiger partial charge in [0.2, 0.25) is 0 Å². The third kappa shape index (κ3) is 3.24. The van der Waals surface area contributed by atoms with E-state index in [0.717, 1.165) is 10.0 Å². The van der Waals surface area contributed by atoms with Crippen molar-refractivity contribution in [2.45, 2.75) is 25.4 Å². The van der Waals surface area contributed by atoms with Gasteiger partial charge in [-0.25, -0.2) is 8.42 Å². The second-order valence-corrected chi connectivity index (χ2v) is 8.15. The average Bonchev–Trinajstić information content (AvgIpc) is 2.56. The molecule has 1 aromatic carbocycles. The molecule has 1 aromatic rings. The van der Waals surface area contributed by atoms with Crippen LogP contribution in [-0.2, 0) is 16.4 Å². The van der Waals surface area contributed by atoms with E-state index in [4.69, 9.17) is 5.73 Å². The van der Waals surface area contributed by atoms with Gasteiger partial charge in [0.1, 0.15) is 0 Å². The standard InChI is InChI=1S/C12H17BrN2O2S/c1-12(4-5-18(16,17)8-12)15-7-9-2-3-11(14)10(13)6-9/h2-3,6,15H,4-5,7-8,14H2,1H3. The quantitative estimate of drug-likeness (QED) is 0.826. The monoisotopic (exact) mass is 332 g/mol. The number of sulfone groups is 1. The Morgan fingerprint density at radius 2 is 2.22 bits per heavy atom. The van der Waals surface area contributed by atoms with Crippen LogP contribution in [-0.4, -0.2) is 25.5 Å². The maximum Gasteiger partial charge on any atom is 0.152 e. The normalized spacial score (nSPS) is 26.3. The molecule has 0 bridgehead atoms. The third-order valence-electron chi connectivity index (χ3n) is 3.29. The predicted molar refractivity (Wildman–Crippen MR) is 77.1 cm³/mol. The molecule has 0 saturated carbocycles. The van der Waals surface area contributed by atoms with Crippen LogP contribution in [0.15, 0.2) is 22.7 Å². The van der Waals surface area contributed by atoms with Crippen LogP contribution >= 0.6 is 15.9 Å². The van der Waals surface area contributed by atoms with E-state index in [1.54, 1.807) is 0 Å². The first kappa shape index (κ1) is 13.8. The van der Waals surface area contributed by atoms with Gasteiger partial charge in [0, 0.05) is 22.2 Å². The van der Waals surface area contributed by atoms with E-state index in [2.05, 4.69) is 21.2 Å². The zero-order valence-corrected chi connectivity index (χ0v) is 12.6. The Kier molecular flexibility index (Phi) is 3.71. The zero-order valence-electron chi connectivity index (χ0n) is 10.2. The van der Waals surface area contributed by atoms with Gasteiger partial charge in [-0.2, -0.15) is 0 Å². The van der Waals surface area contributed by atoms with Crippen molar-refractivity contribution in [2.24, 2.45) is 0 Å². The number of nitrogens with two attached hydrogens (primary N) is 1. The van der Waals surface area contributed by atoms with Crippen LogP contribution in [0.5, 0.6) is 0 Å². The number of benzene rings is 1. The summed E-state index contributed by atoms with van der Waals surface area (Å²) >= 11 is 3.38. The molecule has 2 rings (SSSR count). The van der Waals surface area contributed by atoms with Gasteiger partial charge in [0.15, 0.2) is 9.84 Å². The molecule has 1 heterocycles. The molecule has 18 heavy (non-hydrogen) atoms. The van der Waals surface area contributed by atoms with Gasteiger partial charge in [0.25, 0.3) is 0 Å². The minimum absolute atomic E-state index is 0.218. The fourth-order valence-corrected chi connectivity index (χ4v) is 4.70. The van der Waals surface area contributed by atoms with Crippen LogP contribution in [0.1, 0.15) is 18.9 Å². The van der Waals surface area contributed by atoms with E-state index in [0.29, 0.717) is 18.7 Å². The van der Waals surface area contributed by atoms with Crippen molar-refractivity contribution in [3.8, 4) is 0 Å². The minimum Gasteiger partial charge on any atom is -0.398 e. The largest absolute Gasteiger partial charge is 0.398 e. The lowest BCUT2D eigenvalue weighted by Gasteiger charge is -2.24. The molecule has 4 nitrogen and oxygen atoms in total. The molecule has 0 amide bonds. The van der Waals surface area contributed by atoms with Gasteiger partial charge in [-0.1, -0.05) is 6.07 Å². The topological polar surface area (TPSA) is 72.2 Å². The molecule has 1 atom stereocenters. The number of halogens is 1. The van der Waals surface area contributed by atoms with E-state index in [-0.39, 0.29) is 17.0 Å². The Labute approximate surface area is 116 Å². The molecule has 0 spiro atoms. The smallest absolute Gasteiger partial charge is 0.152 e. The maximum absolute atomic E-state index is 11.5. The predicted octanol–water partition coefficient (Wildman–Crippen LogP) is 1.70. The summed E-state index contributed by atoms with van der Waals surface area (Å²) in [5.74, 6) is 0.498. The first-order chi connectivity index (χ1) is 8.30. The van der Waals surface area contributed by atoms with E-state index in [1.807, 2.05) is 25.1 Å². The first-order valence-electron chi connectivity index (χ1n) is 5.79. The number of nitrogen functional groups attached to an aromatic ring is 1. The third-order valence-corrected chi connectivity index (χ3v) is 5.88. The van der Waals surface area contributed by atoms with Gasteiger partial charge in [-0.05, 0) is 47.0 Å². The van der Waals surface area contributed by atoms with Crippen molar-refractivity contribution in [2.75, 3.05) is 17.2 Å². The van der Waals surface area contributed by atoms with Crippen LogP contribution in [0.4, 0.5) is 5.69 Å². The highest BCUT2D eigenvalue weighted by Crippen LogP contribution is 2.24. The number of anilines is 1. The van der Waals surface area contributed by atoms with E-state index >= 15 is 0 Å². The lowest BCUT2D eigenvalue weighted by molar-refractivity contribution is 0.395. The maximum atomic E-state index is 11.5. The van der Waals surface area contributed by atoms with Crippen molar-refractivity contribution in [3.63, 3.8) is 0 Å². The Bertz CT molecular complexity index is 559. The van der Waals surface area contributed by atoms with E-state index < -0.39 is 9.84 Å². The summed E-state index contributed by atoms with van der Waals surface area (Å²) in [7, 11) is -2.86. The molecule has 1 unspecified atom stereocenters. The van der Waals surface area contributed by atoms with Crippen molar-refractivity contribution in [1.82, 2.24) is 5.32 Å². The molecule has 3 N–H and O–H groups in total. The molecule has 0 aromatic heterocycles. The van der Waals surface area contributed by atoms with Gasteiger partial charge in [-0.3, -0.25) is 0 Å². The Hall–Kier alpha value is -0.590. The highest BCUT2D eigenvalue weighted by atomic mass is 79.9. The fraction of sp³-hybridized carbons (Fsp3) is 0.500. The lowest BCUT2D eigenvalue weighted by Crippen LogP contribution is -2.42. The number of rotatable bonds is 3. The molecule has 0 radical (unpaired) electrons. The second kappa shape index (κ2) is 4.83. The van der Waals surface area contributed by atoms with Gasteiger partial charge in [-0.15, -0.1) is 0 Å². The van der Waals surface area contributed by atoms with E-state index in [9.17, 15) is 8.42 Å². The van der Waals surface area contributed by atoms with Crippen LogP contribution in [0.3, 0.4) is 0 Å². The molecular weight excluding hydrogens is 316 g/mol. The second-order valence-electron chi connectivity index (χ2n) is 5.11. The van der Waals surface area contributed by atoms with Gasteiger partial charge in [0.05, 0.1) is 11.5 Å². The van der Waals surface area contributed by atoms with Gasteiger partial charge >= 0.3 is 0 Å². The highest BCUT2D eigenvalue weighted by Gasteiger charge is 2.37. The number of hydrogen-bond acceptors (Lipinski definition) is 4. The molecule has 1 aliphatic heterocycles. The molecule has 1 aliphatic rings. The van der Waals surface area contributed by atoms with Crippen molar-refractivity contribution in [3.05, 3.63) is 28.2 Å². The van der Waals surface area contributed by atoms with Crippen LogP contribution in [0.25, 0.3) is 0 Å². The Morgan fingerprint density at radius 3 is 2.78 bits per heavy atom. The highest BCUT2D eigenvalue weighted by molar-refractivity contribution is 9.10. The van der Waals surface area contributed by atoms with Crippen LogP contribution < -0.4 is 11.1 Å². The molecule has 0 aliphatic carbocycles. The molecular formula is C12H17BrN2O2S. The van der Waals surface area contributed by atoms with Crippen LogP contribution in [0, 0.1) is 0 Å². The molecule has 1 saturated heterocycles. The first-order valence-corrected chi connectivity index (χ1v) is 8.40. The van der Waals surface area contributed by atoms with Crippen molar-refractivity contribution < 1.29 is 8.42 Å².